The van der Waals surface area contributed by atoms with E-state index in [0.29, 0.717) is 0 Å². The predicted molar refractivity (Wildman–Crippen MR) is 61.8 cm³/mol. The molecule has 0 heterocycles. The van der Waals surface area contributed by atoms with E-state index in [1.807, 2.05) is 0 Å². The summed E-state index contributed by atoms with van der Waals surface area (Å²) >= 11 is 0. The van der Waals surface area contributed by atoms with Crippen LogP contribution in [0.3, 0.4) is 0 Å². The topological polar surface area (TPSA) is 127 Å². The van der Waals surface area contributed by atoms with Gasteiger partial charge < -0.3 is 5.43 Å². The van der Waals surface area contributed by atoms with E-state index in [1.165, 1.54) is 6.07 Å². The predicted octanol–water partition coefficient (Wildman–Crippen LogP) is 0.179. The van der Waals surface area contributed by atoms with Crippen LogP contribution in [-0.4, -0.2) is 19.9 Å². The first-order chi connectivity index (χ1) is 7.92. The van der Waals surface area contributed by atoms with Crippen LogP contribution in [0, 0.1) is 10.1 Å². The highest BCUT2D eigenvalue weighted by Crippen LogP contribution is 2.26. The van der Waals surface area contributed by atoms with Crippen LogP contribution < -0.4 is 16.0 Å². The summed E-state index contributed by atoms with van der Waals surface area (Å²) in [5.41, 5.74) is 1.94. The number of nitrogen functional groups attached to an aromatic ring is 1. The van der Waals surface area contributed by atoms with Gasteiger partial charge in [0.05, 0.1) is 10.6 Å². The first kappa shape index (κ1) is 13.4. The fourth-order valence-corrected chi connectivity index (χ4v) is 2.44. The lowest BCUT2D eigenvalue weighted by atomic mass is 10.3. The minimum Gasteiger partial charge on any atom is -0.324 e. The number of sulfonamides is 1. The number of anilines is 1. The van der Waals surface area contributed by atoms with E-state index in [0.717, 1.165) is 12.1 Å². The van der Waals surface area contributed by atoms with Crippen LogP contribution in [0.4, 0.5) is 11.4 Å². The quantitative estimate of drug-likeness (QED) is 0.393. The first-order valence-corrected chi connectivity index (χ1v) is 6.15. The molecule has 0 aliphatic rings. The Morgan fingerprint density at radius 1 is 1.47 bits per heavy atom. The maximum absolute atomic E-state index is 11.7. The van der Waals surface area contributed by atoms with E-state index < -0.39 is 20.6 Å². The molecule has 0 spiro atoms. The van der Waals surface area contributed by atoms with Crippen LogP contribution in [0.15, 0.2) is 23.1 Å². The van der Waals surface area contributed by atoms with Gasteiger partial charge in [0.25, 0.3) is 5.69 Å². The van der Waals surface area contributed by atoms with Crippen molar-refractivity contribution in [3.63, 3.8) is 0 Å². The van der Waals surface area contributed by atoms with Gasteiger partial charge in [0.15, 0.2) is 4.90 Å². The molecule has 0 bridgehead atoms. The largest absolute Gasteiger partial charge is 0.324 e. The molecule has 0 unspecified atom stereocenters. The lowest BCUT2D eigenvalue weighted by molar-refractivity contribution is -0.387. The Labute approximate surface area is 98.0 Å². The molecule has 0 aromatic heterocycles. The van der Waals surface area contributed by atoms with Gasteiger partial charge in [0.2, 0.25) is 10.0 Å². The van der Waals surface area contributed by atoms with Crippen molar-refractivity contribution in [2.45, 2.75) is 11.8 Å². The summed E-state index contributed by atoms with van der Waals surface area (Å²) in [6, 6.07) is 3.53. The van der Waals surface area contributed by atoms with Gasteiger partial charge in [-0.05, 0) is 12.1 Å². The molecule has 9 heteroatoms. The van der Waals surface area contributed by atoms with E-state index in [9.17, 15) is 18.5 Å². The molecule has 0 saturated heterocycles. The summed E-state index contributed by atoms with van der Waals surface area (Å²) in [7, 11) is -3.87. The molecule has 0 radical (unpaired) electrons. The number of nitro groups is 1. The van der Waals surface area contributed by atoms with E-state index >= 15 is 0 Å². The Hall–Kier alpha value is -1.71. The average Bonchev–Trinajstić information content (AvgIpc) is 2.28. The van der Waals surface area contributed by atoms with Crippen molar-refractivity contribution in [3.05, 3.63) is 28.3 Å². The van der Waals surface area contributed by atoms with E-state index in [4.69, 9.17) is 5.84 Å². The Balaban J connectivity index is 3.39. The summed E-state index contributed by atoms with van der Waals surface area (Å²) < 4.78 is 25.6. The lowest BCUT2D eigenvalue weighted by Crippen LogP contribution is -2.24. The molecule has 17 heavy (non-hydrogen) atoms. The Bertz CT molecular complexity index is 528. The number of nitrogens with two attached hydrogens (primary N) is 1. The van der Waals surface area contributed by atoms with E-state index in [1.54, 1.807) is 6.92 Å². The van der Waals surface area contributed by atoms with Crippen molar-refractivity contribution in [1.29, 1.82) is 0 Å². The van der Waals surface area contributed by atoms with Crippen LogP contribution in [-0.2, 0) is 10.0 Å². The zero-order valence-corrected chi connectivity index (χ0v) is 9.82. The number of hydrazine groups is 1. The minimum absolute atomic E-state index is 0.149. The van der Waals surface area contributed by atoms with Crippen LogP contribution in [0.5, 0.6) is 0 Å². The van der Waals surface area contributed by atoms with Gasteiger partial charge in [-0.1, -0.05) is 6.92 Å². The molecule has 0 saturated carbocycles. The van der Waals surface area contributed by atoms with Gasteiger partial charge in [0.1, 0.15) is 0 Å². The zero-order chi connectivity index (χ0) is 13.1. The molecular weight excluding hydrogens is 248 g/mol. The number of rotatable bonds is 5. The van der Waals surface area contributed by atoms with Gasteiger partial charge in [-0.25, -0.2) is 13.1 Å². The molecule has 94 valence electrons. The smallest absolute Gasteiger partial charge is 0.291 e. The average molecular weight is 260 g/mol. The normalized spacial score (nSPS) is 11.2. The molecule has 0 aliphatic heterocycles. The van der Waals surface area contributed by atoms with Gasteiger partial charge in [0, 0.05) is 12.6 Å². The Morgan fingerprint density at radius 3 is 2.59 bits per heavy atom. The summed E-state index contributed by atoms with van der Waals surface area (Å²) in [5.74, 6) is 5.10. The number of hydrogen-bond donors (Lipinski definition) is 3. The molecule has 8 nitrogen and oxygen atoms in total. The fraction of sp³-hybridized carbons (Fsp3) is 0.250. The summed E-state index contributed by atoms with van der Waals surface area (Å²) in [6.45, 7) is 1.73. The molecule has 1 aromatic rings. The van der Waals surface area contributed by atoms with Crippen molar-refractivity contribution in [1.82, 2.24) is 4.72 Å². The Morgan fingerprint density at radius 2 is 2.12 bits per heavy atom. The highest BCUT2D eigenvalue weighted by Gasteiger charge is 2.25. The highest BCUT2D eigenvalue weighted by atomic mass is 32.2. The zero-order valence-electron chi connectivity index (χ0n) is 9.00. The number of nitrogens with zero attached hydrogens (tertiary/aromatic N) is 1. The number of nitro benzene ring substituents is 1. The minimum atomic E-state index is -3.87. The van der Waals surface area contributed by atoms with Crippen LogP contribution in [0.25, 0.3) is 0 Å². The van der Waals surface area contributed by atoms with Gasteiger partial charge in [-0.3, -0.25) is 16.0 Å². The first-order valence-electron chi connectivity index (χ1n) is 4.67. The number of benzene rings is 1. The second-order valence-electron chi connectivity index (χ2n) is 3.09. The van der Waals surface area contributed by atoms with Crippen LogP contribution in [0.1, 0.15) is 6.92 Å². The monoisotopic (exact) mass is 260 g/mol. The summed E-state index contributed by atoms with van der Waals surface area (Å²) in [6.07, 6.45) is 0. The third-order valence-corrected chi connectivity index (χ3v) is 3.54. The van der Waals surface area contributed by atoms with Crippen molar-refractivity contribution in [2.24, 2.45) is 5.84 Å². The molecule has 0 amide bonds. The fourth-order valence-electron chi connectivity index (χ4n) is 1.24. The number of hydrogen-bond acceptors (Lipinski definition) is 6. The molecule has 4 N–H and O–H groups in total. The van der Waals surface area contributed by atoms with Crippen molar-refractivity contribution >= 4 is 21.4 Å². The second-order valence-corrected chi connectivity index (χ2v) is 4.82. The molecule has 0 fully saturated rings. The summed E-state index contributed by atoms with van der Waals surface area (Å²) in [5, 5.41) is 10.8. The van der Waals surface area contributed by atoms with Gasteiger partial charge in [-0.2, -0.15) is 0 Å². The standard InChI is InChI=1S/C8H12N4O4S/c1-2-10-17(15,16)8-4-3-6(11-9)5-7(8)12(13)14/h3-5,10-11H,2,9H2,1H3. The van der Waals surface area contributed by atoms with Crippen molar-refractivity contribution < 1.29 is 13.3 Å². The molecule has 1 rings (SSSR count). The van der Waals surface area contributed by atoms with Crippen molar-refractivity contribution in [2.75, 3.05) is 12.0 Å². The maximum atomic E-state index is 11.7. The highest BCUT2D eigenvalue weighted by molar-refractivity contribution is 7.89. The van der Waals surface area contributed by atoms with E-state index in [-0.39, 0.29) is 17.1 Å². The third kappa shape index (κ3) is 2.90. The van der Waals surface area contributed by atoms with Crippen LogP contribution >= 0.6 is 0 Å². The third-order valence-electron chi connectivity index (χ3n) is 1.95. The van der Waals surface area contributed by atoms with Gasteiger partial charge in [-0.15, -0.1) is 0 Å². The van der Waals surface area contributed by atoms with Gasteiger partial charge >= 0.3 is 0 Å². The lowest BCUT2D eigenvalue weighted by Gasteiger charge is -2.06. The SMILES string of the molecule is CCNS(=O)(=O)c1ccc(NN)cc1[N+](=O)[O-]. The molecule has 0 aliphatic carbocycles. The molecular formula is C8H12N4O4S. The van der Waals surface area contributed by atoms with Crippen LogP contribution in [0.2, 0.25) is 0 Å². The number of nitrogens with one attached hydrogen (secondary N) is 2. The summed E-state index contributed by atoms with van der Waals surface area (Å²) in [4.78, 5) is 9.63. The Kier molecular flexibility index (Phi) is 3.99. The maximum Gasteiger partial charge on any atom is 0.291 e. The van der Waals surface area contributed by atoms with E-state index in [2.05, 4.69) is 10.1 Å². The molecule has 1 aromatic carbocycles. The second kappa shape index (κ2) is 5.08. The molecule has 0 atom stereocenters. The van der Waals surface area contributed by atoms with Crippen molar-refractivity contribution in [3.8, 4) is 0 Å².